The van der Waals surface area contributed by atoms with Gasteiger partial charge in [-0.3, -0.25) is 9.59 Å². The molecule has 2 amide bonds. The van der Waals surface area contributed by atoms with Crippen molar-refractivity contribution in [1.82, 2.24) is 5.32 Å². The van der Waals surface area contributed by atoms with Gasteiger partial charge in [-0.1, -0.05) is 37.3 Å². The molecule has 1 unspecified atom stereocenters. The summed E-state index contributed by atoms with van der Waals surface area (Å²) in [5.74, 6) is 0.920. The molecule has 0 spiro atoms. The first-order chi connectivity index (χ1) is 15.0. The van der Waals surface area contributed by atoms with Gasteiger partial charge in [-0.25, -0.2) is 0 Å². The highest BCUT2D eigenvalue weighted by Crippen LogP contribution is 2.29. The number of anilines is 2. The number of nitrogens with one attached hydrogen (secondary N) is 2. The van der Waals surface area contributed by atoms with E-state index in [1.54, 1.807) is 6.07 Å². The topological polar surface area (TPSA) is 61.4 Å². The number of piperidine rings is 1. The monoisotopic (exact) mass is 441 g/mol. The number of hydrogen-bond acceptors (Lipinski definition) is 3. The summed E-state index contributed by atoms with van der Waals surface area (Å²) in [7, 11) is 0. The van der Waals surface area contributed by atoms with E-state index in [0.29, 0.717) is 35.9 Å². The summed E-state index contributed by atoms with van der Waals surface area (Å²) in [5.41, 5.74) is 3.19. The smallest absolute Gasteiger partial charge is 0.253 e. The zero-order chi connectivity index (χ0) is 22.2. The molecule has 0 aromatic heterocycles. The third kappa shape index (κ3) is 6.47. The summed E-state index contributed by atoms with van der Waals surface area (Å²) in [6.07, 6.45) is 3.21. The molecule has 1 fully saturated rings. The number of benzene rings is 2. The minimum Gasteiger partial charge on any atom is -0.371 e. The third-order valence-corrected chi connectivity index (χ3v) is 6.10. The standard InChI is InChI=1S/C25H32ClN3O2/c1-18-12-15-29(16-13-18)23-11-10-21(28-24(30)9-6-14-26)17-22(23)25(31)27-19(2)20-7-4-3-5-8-20/h3-5,7-8,10-11,17-19H,6,9,12-16H2,1-2H3,(H,27,31)(H,28,30). The van der Waals surface area contributed by atoms with Crippen LogP contribution in [0.4, 0.5) is 11.4 Å². The SMILES string of the molecule is CC1CCN(c2ccc(NC(=O)CCCCl)cc2C(=O)NC(C)c2ccccc2)CC1. The summed E-state index contributed by atoms with van der Waals surface area (Å²) in [6, 6.07) is 15.4. The Morgan fingerprint density at radius 3 is 2.52 bits per heavy atom. The lowest BCUT2D eigenvalue weighted by Crippen LogP contribution is -2.35. The summed E-state index contributed by atoms with van der Waals surface area (Å²) in [5, 5.41) is 6.02. The maximum atomic E-state index is 13.3. The zero-order valence-corrected chi connectivity index (χ0v) is 19.1. The molecule has 0 saturated carbocycles. The number of nitrogens with zero attached hydrogens (tertiary/aromatic N) is 1. The van der Waals surface area contributed by atoms with Crippen molar-refractivity contribution in [2.45, 2.75) is 45.6 Å². The van der Waals surface area contributed by atoms with E-state index in [2.05, 4.69) is 22.5 Å². The van der Waals surface area contributed by atoms with Gasteiger partial charge < -0.3 is 15.5 Å². The fraction of sp³-hybridized carbons (Fsp3) is 0.440. The van der Waals surface area contributed by atoms with Crippen LogP contribution < -0.4 is 15.5 Å². The van der Waals surface area contributed by atoms with Crippen LogP contribution in [0, 0.1) is 5.92 Å². The van der Waals surface area contributed by atoms with Crippen LogP contribution in [0.25, 0.3) is 0 Å². The molecule has 166 valence electrons. The lowest BCUT2D eigenvalue weighted by molar-refractivity contribution is -0.116. The molecule has 5 nitrogen and oxygen atoms in total. The molecule has 0 radical (unpaired) electrons. The van der Waals surface area contributed by atoms with Crippen LogP contribution in [0.1, 0.15) is 61.5 Å². The van der Waals surface area contributed by atoms with Crippen molar-refractivity contribution >= 4 is 34.8 Å². The number of halogens is 1. The molecular formula is C25H32ClN3O2. The molecule has 2 aromatic rings. The quantitative estimate of drug-likeness (QED) is 0.541. The van der Waals surface area contributed by atoms with E-state index in [0.717, 1.165) is 37.2 Å². The average Bonchev–Trinajstić information content (AvgIpc) is 2.79. The maximum absolute atomic E-state index is 13.3. The maximum Gasteiger partial charge on any atom is 0.253 e. The van der Waals surface area contributed by atoms with Gasteiger partial charge >= 0.3 is 0 Å². The van der Waals surface area contributed by atoms with Crippen LogP contribution in [0.2, 0.25) is 0 Å². The van der Waals surface area contributed by atoms with Gasteiger partial charge in [-0.2, -0.15) is 0 Å². The second-order valence-electron chi connectivity index (χ2n) is 8.35. The Balaban J connectivity index is 1.83. The number of hydrogen-bond donors (Lipinski definition) is 2. The van der Waals surface area contributed by atoms with E-state index >= 15 is 0 Å². The predicted octanol–water partition coefficient (Wildman–Crippen LogP) is 5.37. The van der Waals surface area contributed by atoms with E-state index in [4.69, 9.17) is 11.6 Å². The number of rotatable bonds is 8. The number of carbonyl (C=O) groups excluding carboxylic acids is 2. The van der Waals surface area contributed by atoms with Gasteiger partial charge in [0, 0.05) is 36.8 Å². The van der Waals surface area contributed by atoms with Gasteiger partial charge in [0.05, 0.1) is 11.6 Å². The largest absolute Gasteiger partial charge is 0.371 e. The van der Waals surface area contributed by atoms with E-state index in [-0.39, 0.29) is 17.9 Å². The van der Waals surface area contributed by atoms with Crippen molar-refractivity contribution in [1.29, 1.82) is 0 Å². The van der Waals surface area contributed by atoms with E-state index < -0.39 is 0 Å². The van der Waals surface area contributed by atoms with Gasteiger partial charge in [-0.05, 0) is 55.9 Å². The van der Waals surface area contributed by atoms with Crippen molar-refractivity contribution < 1.29 is 9.59 Å². The molecule has 0 bridgehead atoms. The second-order valence-corrected chi connectivity index (χ2v) is 8.73. The first kappa shape index (κ1) is 23.1. The molecular weight excluding hydrogens is 410 g/mol. The number of alkyl halides is 1. The first-order valence-electron chi connectivity index (χ1n) is 11.1. The normalized spacial score (nSPS) is 15.4. The lowest BCUT2D eigenvalue weighted by Gasteiger charge is -2.33. The summed E-state index contributed by atoms with van der Waals surface area (Å²) in [6.45, 7) is 6.10. The van der Waals surface area contributed by atoms with Crippen LogP contribution in [-0.2, 0) is 4.79 Å². The van der Waals surface area contributed by atoms with Crippen LogP contribution in [-0.4, -0.2) is 30.8 Å². The Bertz CT molecular complexity index is 880. The van der Waals surface area contributed by atoms with E-state index in [9.17, 15) is 9.59 Å². The molecule has 2 aromatic carbocycles. The molecule has 1 atom stereocenters. The van der Waals surface area contributed by atoms with Gasteiger partial charge in [0.1, 0.15) is 0 Å². The Labute approximate surface area is 190 Å². The van der Waals surface area contributed by atoms with Crippen LogP contribution in [0.15, 0.2) is 48.5 Å². The van der Waals surface area contributed by atoms with E-state index in [1.165, 1.54) is 0 Å². The molecule has 1 saturated heterocycles. The zero-order valence-electron chi connectivity index (χ0n) is 18.4. The predicted molar refractivity (Wildman–Crippen MR) is 128 cm³/mol. The first-order valence-corrected chi connectivity index (χ1v) is 11.6. The molecule has 6 heteroatoms. The van der Waals surface area contributed by atoms with Crippen molar-refractivity contribution in [3.05, 3.63) is 59.7 Å². The highest BCUT2D eigenvalue weighted by Gasteiger charge is 2.23. The van der Waals surface area contributed by atoms with Crippen molar-refractivity contribution in [2.75, 3.05) is 29.2 Å². The van der Waals surface area contributed by atoms with Gasteiger partial charge in [0.25, 0.3) is 5.91 Å². The number of carbonyl (C=O) groups is 2. The van der Waals surface area contributed by atoms with Crippen LogP contribution in [0.3, 0.4) is 0 Å². The molecule has 1 heterocycles. The average molecular weight is 442 g/mol. The van der Waals surface area contributed by atoms with Gasteiger partial charge in [-0.15, -0.1) is 11.6 Å². The summed E-state index contributed by atoms with van der Waals surface area (Å²) in [4.78, 5) is 27.7. The third-order valence-electron chi connectivity index (χ3n) is 5.83. The molecule has 3 rings (SSSR count). The summed E-state index contributed by atoms with van der Waals surface area (Å²) >= 11 is 5.69. The molecule has 1 aliphatic rings. The highest BCUT2D eigenvalue weighted by molar-refractivity contribution is 6.18. The fourth-order valence-corrected chi connectivity index (χ4v) is 4.00. The molecule has 1 aliphatic heterocycles. The number of amides is 2. The Kier molecular flexibility index (Phi) is 8.35. The molecule has 2 N–H and O–H groups in total. The van der Waals surface area contributed by atoms with E-state index in [1.807, 2.05) is 49.4 Å². The molecule has 31 heavy (non-hydrogen) atoms. The van der Waals surface area contributed by atoms with Gasteiger partial charge in [0.15, 0.2) is 0 Å². The van der Waals surface area contributed by atoms with Crippen molar-refractivity contribution in [3.63, 3.8) is 0 Å². The lowest BCUT2D eigenvalue weighted by atomic mass is 9.97. The van der Waals surface area contributed by atoms with Crippen molar-refractivity contribution in [2.24, 2.45) is 5.92 Å². The Hall–Kier alpha value is -2.53. The van der Waals surface area contributed by atoms with Crippen LogP contribution in [0.5, 0.6) is 0 Å². The second kappa shape index (κ2) is 11.2. The Morgan fingerprint density at radius 2 is 1.84 bits per heavy atom. The fourth-order valence-electron chi connectivity index (χ4n) is 3.87. The van der Waals surface area contributed by atoms with Crippen molar-refractivity contribution in [3.8, 4) is 0 Å². The molecule has 0 aliphatic carbocycles. The van der Waals surface area contributed by atoms with Gasteiger partial charge in [0.2, 0.25) is 5.91 Å². The highest BCUT2D eigenvalue weighted by atomic mass is 35.5. The Morgan fingerprint density at radius 1 is 1.13 bits per heavy atom. The minimum absolute atomic E-state index is 0.0933. The van der Waals surface area contributed by atoms with Crippen LogP contribution >= 0.6 is 11.6 Å². The minimum atomic E-state index is -0.137. The summed E-state index contributed by atoms with van der Waals surface area (Å²) < 4.78 is 0.